The van der Waals surface area contributed by atoms with Gasteiger partial charge >= 0.3 is 0 Å². The van der Waals surface area contributed by atoms with Crippen LogP contribution in [0.3, 0.4) is 0 Å². The predicted molar refractivity (Wildman–Crippen MR) is 99.2 cm³/mol. The van der Waals surface area contributed by atoms with Crippen LogP contribution in [0.25, 0.3) is 11.3 Å². The molecular weight excluding hydrogens is 312 g/mol. The van der Waals surface area contributed by atoms with Gasteiger partial charge in [0, 0.05) is 18.7 Å². The minimum atomic E-state index is -0.559. The molecule has 0 radical (unpaired) electrons. The third kappa shape index (κ3) is 4.01. The minimum Gasteiger partial charge on any atom is -0.364 e. The van der Waals surface area contributed by atoms with Crippen LogP contribution in [-0.4, -0.2) is 22.4 Å². The zero-order valence-electron chi connectivity index (χ0n) is 14.1. The second-order valence-electron chi connectivity index (χ2n) is 5.67. The van der Waals surface area contributed by atoms with Crippen molar-refractivity contribution in [2.24, 2.45) is 5.73 Å². The fraction of sp³-hybridized carbons (Fsp3) is 0.150. The fourth-order valence-corrected chi connectivity index (χ4v) is 2.59. The third-order valence-corrected chi connectivity index (χ3v) is 3.92. The average Bonchev–Trinajstić information content (AvgIpc) is 2.67. The monoisotopic (exact) mass is 332 g/mol. The number of aromatic nitrogens is 2. The van der Waals surface area contributed by atoms with Crippen LogP contribution in [0.15, 0.2) is 66.7 Å². The highest BCUT2D eigenvalue weighted by Crippen LogP contribution is 2.21. The van der Waals surface area contributed by atoms with E-state index in [0.29, 0.717) is 24.7 Å². The SMILES string of the molecule is CCN(Cc1ccccc1)c1nc(C(N)=O)cc(-c2ccccc2)n1. The number of benzene rings is 2. The van der Waals surface area contributed by atoms with Gasteiger partial charge < -0.3 is 10.6 Å². The Hall–Kier alpha value is -3.21. The molecule has 0 aliphatic rings. The number of amides is 1. The van der Waals surface area contributed by atoms with Gasteiger partial charge in [-0.1, -0.05) is 60.7 Å². The number of nitrogens with zero attached hydrogens (tertiary/aromatic N) is 3. The molecule has 5 heteroatoms. The Morgan fingerprint density at radius 2 is 1.64 bits per heavy atom. The molecule has 0 aliphatic carbocycles. The van der Waals surface area contributed by atoms with Crippen molar-refractivity contribution in [2.45, 2.75) is 13.5 Å². The quantitative estimate of drug-likeness (QED) is 0.752. The van der Waals surface area contributed by atoms with Crippen molar-refractivity contribution in [3.8, 4) is 11.3 Å². The molecule has 25 heavy (non-hydrogen) atoms. The van der Waals surface area contributed by atoms with Crippen molar-refractivity contribution >= 4 is 11.9 Å². The van der Waals surface area contributed by atoms with Crippen molar-refractivity contribution in [2.75, 3.05) is 11.4 Å². The Morgan fingerprint density at radius 1 is 1.00 bits per heavy atom. The molecule has 1 aromatic heterocycles. The number of hydrogen-bond donors (Lipinski definition) is 1. The average molecular weight is 332 g/mol. The van der Waals surface area contributed by atoms with Crippen LogP contribution in [-0.2, 0) is 6.54 Å². The maximum absolute atomic E-state index is 11.7. The summed E-state index contributed by atoms with van der Waals surface area (Å²) in [5.74, 6) is -0.0573. The summed E-state index contributed by atoms with van der Waals surface area (Å²) >= 11 is 0. The summed E-state index contributed by atoms with van der Waals surface area (Å²) in [6, 6.07) is 21.4. The zero-order valence-corrected chi connectivity index (χ0v) is 14.1. The molecule has 1 heterocycles. The molecule has 2 aromatic carbocycles. The first-order chi connectivity index (χ1) is 12.2. The zero-order chi connectivity index (χ0) is 17.6. The number of carbonyl (C=O) groups excluding carboxylic acids is 1. The number of nitrogens with two attached hydrogens (primary N) is 1. The highest BCUT2D eigenvalue weighted by molar-refractivity contribution is 5.92. The van der Waals surface area contributed by atoms with E-state index in [1.165, 1.54) is 0 Å². The number of anilines is 1. The maximum Gasteiger partial charge on any atom is 0.267 e. The van der Waals surface area contributed by atoms with Gasteiger partial charge in [0.15, 0.2) is 0 Å². The molecule has 3 rings (SSSR count). The molecule has 0 aliphatic heterocycles. The fourth-order valence-electron chi connectivity index (χ4n) is 2.59. The molecule has 0 spiro atoms. The van der Waals surface area contributed by atoms with Gasteiger partial charge in [-0.05, 0) is 18.6 Å². The largest absolute Gasteiger partial charge is 0.364 e. The first kappa shape index (κ1) is 16.6. The molecule has 0 unspecified atom stereocenters. The second-order valence-corrected chi connectivity index (χ2v) is 5.67. The molecule has 0 saturated heterocycles. The Labute approximate surface area is 147 Å². The van der Waals surface area contributed by atoms with E-state index in [0.717, 1.165) is 11.1 Å². The lowest BCUT2D eigenvalue weighted by molar-refractivity contribution is 0.0995. The van der Waals surface area contributed by atoms with Crippen LogP contribution in [0, 0.1) is 0 Å². The summed E-state index contributed by atoms with van der Waals surface area (Å²) in [5, 5.41) is 0. The summed E-state index contributed by atoms with van der Waals surface area (Å²) in [6.07, 6.45) is 0. The predicted octanol–water partition coefficient (Wildman–Crippen LogP) is 3.27. The van der Waals surface area contributed by atoms with E-state index < -0.39 is 5.91 Å². The second kappa shape index (κ2) is 7.57. The molecule has 0 saturated carbocycles. The topological polar surface area (TPSA) is 72.1 Å². The summed E-state index contributed by atoms with van der Waals surface area (Å²) in [6.45, 7) is 3.41. The van der Waals surface area contributed by atoms with Crippen molar-refractivity contribution in [3.05, 3.63) is 78.0 Å². The van der Waals surface area contributed by atoms with Crippen LogP contribution in [0.1, 0.15) is 23.0 Å². The number of carbonyl (C=O) groups is 1. The first-order valence-corrected chi connectivity index (χ1v) is 8.20. The van der Waals surface area contributed by atoms with Gasteiger partial charge in [0.25, 0.3) is 5.91 Å². The van der Waals surface area contributed by atoms with Crippen LogP contribution >= 0.6 is 0 Å². The van der Waals surface area contributed by atoms with Gasteiger partial charge in [-0.15, -0.1) is 0 Å². The molecular formula is C20H20N4O. The third-order valence-electron chi connectivity index (χ3n) is 3.92. The van der Waals surface area contributed by atoms with Gasteiger partial charge in [0.05, 0.1) is 5.69 Å². The minimum absolute atomic E-state index is 0.218. The summed E-state index contributed by atoms with van der Waals surface area (Å²) in [7, 11) is 0. The number of rotatable bonds is 6. The highest BCUT2D eigenvalue weighted by atomic mass is 16.1. The smallest absolute Gasteiger partial charge is 0.267 e. The van der Waals surface area contributed by atoms with Crippen LogP contribution in [0.5, 0.6) is 0 Å². The van der Waals surface area contributed by atoms with Crippen LogP contribution < -0.4 is 10.6 Å². The standard InChI is InChI=1S/C20H20N4O/c1-2-24(14-15-9-5-3-6-10-15)20-22-17(13-18(23-20)19(21)25)16-11-7-4-8-12-16/h3-13H,2,14H2,1H3,(H2,21,25). The number of hydrogen-bond acceptors (Lipinski definition) is 4. The Balaban J connectivity index is 2.01. The van der Waals surface area contributed by atoms with E-state index in [4.69, 9.17) is 5.73 Å². The molecule has 3 aromatic rings. The van der Waals surface area contributed by atoms with Crippen molar-refractivity contribution in [1.82, 2.24) is 9.97 Å². The van der Waals surface area contributed by atoms with Gasteiger partial charge in [0.1, 0.15) is 5.69 Å². The Kier molecular flexibility index (Phi) is 5.04. The molecule has 5 nitrogen and oxygen atoms in total. The van der Waals surface area contributed by atoms with Gasteiger partial charge in [-0.3, -0.25) is 4.79 Å². The highest BCUT2D eigenvalue weighted by Gasteiger charge is 2.15. The lowest BCUT2D eigenvalue weighted by atomic mass is 10.1. The molecule has 126 valence electrons. The first-order valence-electron chi connectivity index (χ1n) is 8.20. The Morgan fingerprint density at radius 3 is 2.24 bits per heavy atom. The van der Waals surface area contributed by atoms with E-state index >= 15 is 0 Å². The van der Waals surface area contributed by atoms with Gasteiger partial charge in [0.2, 0.25) is 5.95 Å². The maximum atomic E-state index is 11.7. The van der Waals surface area contributed by atoms with E-state index in [1.54, 1.807) is 6.07 Å². The van der Waals surface area contributed by atoms with E-state index in [9.17, 15) is 4.79 Å². The van der Waals surface area contributed by atoms with E-state index in [2.05, 4.69) is 22.1 Å². The molecule has 2 N–H and O–H groups in total. The lowest BCUT2D eigenvalue weighted by Crippen LogP contribution is -2.26. The molecule has 1 amide bonds. The number of primary amides is 1. The van der Waals surface area contributed by atoms with Crippen molar-refractivity contribution in [3.63, 3.8) is 0 Å². The van der Waals surface area contributed by atoms with Crippen molar-refractivity contribution in [1.29, 1.82) is 0 Å². The molecule has 0 bridgehead atoms. The summed E-state index contributed by atoms with van der Waals surface area (Å²) in [4.78, 5) is 22.8. The lowest BCUT2D eigenvalue weighted by Gasteiger charge is -2.22. The summed E-state index contributed by atoms with van der Waals surface area (Å²) in [5.41, 5.74) is 8.45. The molecule has 0 fully saturated rings. The normalized spacial score (nSPS) is 10.4. The van der Waals surface area contributed by atoms with E-state index in [1.807, 2.05) is 60.4 Å². The Bertz CT molecular complexity index is 850. The van der Waals surface area contributed by atoms with Crippen molar-refractivity contribution < 1.29 is 4.79 Å². The summed E-state index contributed by atoms with van der Waals surface area (Å²) < 4.78 is 0. The van der Waals surface area contributed by atoms with Gasteiger partial charge in [-0.2, -0.15) is 0 Å². The van der Waals surface area contributed by atoms with Gasteiger partial charge in [-0.25, -0.2) is 9.97 Å². The van der Waals surface area contributed by atoms with Crippen LogP contribution in [0.4, 0.5) is 5.95 Å². The van der Waals surface area contributed by atoms with E-state index in [-0.39, 0.29) is 5.69 Å². The molecule has 0 atom stereocenters. The van der Waals surface area contributed by atoms with Crippen LogP contribution in [0.2, 0.25) is 0 Å².